The lowest BCUT2D eigenvalue weighted by atomic mass is 9.78. The maximum Gasteiger partial charge on any atom is 0.0702 e. The van der Waals surface area contributed by atoms with Crippen LogP contribution in [0.5, 0.6) is 0 Å². The summed E-state index contributed by atoms with van der Waals surface area (Å²) < 4.78 is 2.54. The van der Waals surface area contributed by atoms with Gasteiger partial charge in [-0.3, -0.25) is 9.97 Å². The number of rotatable bonds is 3. The summed E-state index contributed by atoms with van der Waals surface area (Å²) in [5.74, 6) is 0. The molecule has 52 heavy (non-hydrogen) atoms. The topological polar surface area (TPSA) is 30.7 Å². The number of nitrogens with zero attached hydrogens (tertiary/aromatic N) is 3. The van der Waals surface area contributed by atoms with Gasteiger partial charge in [0, 0.05) is 51.0 Å². The molecule has 244 valence electrons. The number of hydrogen-bond donors (Lipinski definition) is 0. The van der Waals surface area contributed by atoms with E-state index in [1.54, 1.807) is 0 Å². The zero-order chi connectivity index (χ0) is 34.6. The number of fused-ring (bicyclic) bond motifs is 13. The van der Waals surface area contributed by atoms with Crippen molar-refractivity contribution in [1.82, 2.24) is 14.5 Å². The summed E-state index contributed by atoms with van der Waals surface area (Å²) >= 11 is 0. The van der Waals surface area contributed by atoms with Crippen molar-refractivity contribution in [3.63, 3.8) is 0 Å². The van der Waals surface area contributed by atoms with Crippen LogP contribution in [0.1, 0.15) is 25.0 Å². The summed E-state index contributed by atoms with van der Waals surface area (Å²) in [6.45, 7) is 4.84. The second-order valence-corrected chi connectivity index (χ2v) is 14.6. The minimum absolute atomic E-state index is 0.236. The monoisotopic (exact) mass is 663 g/mol. The van der Waals surface area contributed by atoms with Crippen LogP contribution in [-0.2, 0) is 5.41 Å². The second-order valence-electron chi connectivity index (χ2n) is 14.6. The van der Waals surface area contributed by atoms with E-state index in [-0.39, 0.29) is 5.41 Å². The maximum absolute atomic E-state index is 4.82. The van der Waals surface area contributed by atoms with Crippen molar-refractivity contribution in [3.8, 4) is 39.3 Å². The van der Waals surface area contributed by atoms with Crippen molar-refractivity contribution in [2.45, 2.75) is 19.3 Å². The molecule has 11 rings (SSSR count). The molecule has 3 heterocycles. The van der Waals surface area contributed by atoms with Crippen LogP contribution < -0.4 is 0 Å². The number of aromatic nitrogens is 3. The molecule has 0 unspecified atom stereocenters. The van der Waals surface area contributed by atoms with Gasteiger partial charge in [-0.25, -0.2) is 0 Å². The Balaban J connectivity index is 1.39. The van der Waals surface area contributed by atoms with E-state index in [9.17, 15) is 0 Å². The lowest BCUT2D eigenvalue weighted by Crippen LogP contribution is -2.16. The third-order valence-corrected chi connectivity index (χ3v) is 11.3. The quantitative estimate of drug-likeness (QED) is 0.188. The summed E-state index contributed by atoms with van der Waals surface area (Å²) in [6.07, 6.45) is 3.74. The highest BCUT2D eigenvalue weighted by atomic mass is 15.0. The highest BCUT2D eigenvalue weighted by molar-refractivity contribution is 6.29. The average Bonchev–Trinajstić information content (AvgIpc) is 3.66. The first-order valence-electron chi connectivity index (χ1n) is 18.0. The van der Waals surface area contributed by atoms with Crippen LogP contribution >= 0.6 is 0 Å². The van der Waals surface area contributed by atoms with Gasteiger partial charge in [0.25, 0.3) is 0 Å². The Hall–Kier alpha value is -6.58. The van der Waals surface area contributed by atoms with Crippen molar-refractivity contribution >= 4 is 54.1 Å². The molecule has 0 radical (unpaired) electrons. The summed E-state index contributed by atoms with van der Waals surface area (Å²) in [5, 5.41) is 10.2. The first-order valence-corrected chi connectivity index (χ1v) is 18.0. The zero-order valence-corrected chi connectivity index (χ0v) is 28.9. The van der Waals surface area contributed by atoms with Crippen LogP contribution in [0.4, 0.5) is 0 Å². The molecule has 0 amide bonds. The molecule has 3 heteroatoms. The Morgan fingerprint density at radius 2 is 1.08 bits per heavy atom. The minimum atomic E-state index is -0.236. The molecule has 7 aromatic carbocycles. The van der Waals surface area contributed by atoms with Gasteiger partial charge in [-0.1, -0.05) is 111 Å². The summed E-state index contributed by atoms with van der Waals surface area (Å²) in [4.78, 5) is 9.64. The molecule has 10 aromatic rings. The van der Waals surface area contributed by atoms with Crippen molar-refractivity contribution in [1.29, 1.82) is 0 Å². The normalized spacial score (nSPS) is 13.3. The highest BCUT2D eigenvalue weighted by Crippen LogP contribution is 2.58. The van der Waals surface area contributed by atoms with E-state index in [0.717, 1.165) is 28.2 Å². The summed E-state index contributed by atoms with van der Waals surface area (Å²) in [7, 11) is 0. The van der Waals surface area contributed by atoms with Gasteiger partial charge < -0.3 is 4.57 Å². The molecule has 0 saturated heterocycles. The maximum atomic E-state index is 4.82. The third-order valence-electron chi connectivity index (χ3n) is 11.3. The van der Waals surface area contributed by atoms with Crippen molar-refractivity contribution < 1.29 is 0 Å². The van der Waals surface area contributed by atoms with E-state index >= 15 is 0 Å². The first-order chi connectivity index (χ1) is 25.6. The predicted octanol–water partition coefficient (Wildman–Crippen LogP) is 12.7. The van der Waals surface area contributed by atoms with E-state index in [0.29, 0.717) is 0 Å². The van der Waals surface area contributed by atoms with Crippen molar-refractivity contribution in [3.05, 3.63) is 175 Å². The van der Waals surface area contributed by atoms with Gasteiger partial charge in [-0.15, -0.1) is 0 Å². The molecule has 0 aliphatic heterocycles. The van der Waals surface area contributed by atoms with Gasteiger partial charge >= 0.3 is 0 Å². The molecule has 0 spiro atoms. The van der Waals surface area contributed by atoms with E-state index in [2.05, 4.69) is 158 Å². The number of hydrogen-bond acceptors (Lipinski definition) is 2. The predicted molar refractivity (Wildman–Crippen MR) is 217 cm³/mol. The lowest BCUT2D eigenvalue weighted by Gasteiger charge is -2.25. The standard InChI is InChI=1S/C49H33N3/c1-49(2)46-36-16-6-5-13-30(36)21-22-39(46)45-47(49)38-18-8-7-17-37(38)44-40-28-31-14-3-4-15-32(31)29-43(40)52(48(44)45)35-26-33(41-19-9-11-23-50-41)25-34(27-35)42-20-10-12-24-51-42/h3-29H,1-2H3. The van der Waals surface area contributed by atoms with Crippen LogP contribution in [0.2, 0.25) is 0 Å². The van der Waals surface area contributed by atoms with Crippen LogP contribution in [0.15, 0.2) is 164 Å². The van der Waals surface area contributed by atoms with Crippen LogP contribution in [0, 0.1) is 0 Å². The molecular formula is C49H33N3. The Morgan fingerprint density at radius 3 is 1.75 bits per heavy atom. The van der Waals surface area contributed by atoms with Crippen molar-refractivity contribution in [2.24, 2.45) is 0 Å². The van der Waals surface area contributed by atoms with E-state index < -0.39 is 0 Å². The molecule has 3 nitrogen and oxygen atoms in total. The Morgan fingerprint density at radius 1 is 0.481 bits per heavy atom. The van der Waals surface area contributed by atoms with Crippen LogP contribution in [-0.4, -0.2) is 14.5 Å². The molecular weight excluding hydrogens is 631 g/mol. The van der Waals surface area contributed by atoms with Crippen LogP contribution in [0.25, 0.3) is 93.5 Å². The minimum Gasteiger partial charge on any atom is -0.309 e. The van der Waals surface area contributed by atoms with Gasteiger partial charge in [0.1, 0.15) is 0 Å². The average molecular weight is 664 g/mol. The molecule has 1 aliphatic carbocycles. The van der Waals surface area contributed by atoms with Gasteiger partial charge in [0.2, 0.25) is 0 Å². The van der Waals surface area contributed by atoms with Gasteiger partial charge in [-0.05, 0) is 104 Å². The lowest BCUT2D eigenvalue weighted by molar-refractivity contribution is 0.672. The fourth-order valence-electron chi connectivity index (χ4n) is 9.22. The highest BCUT2D eigenvalue weighted by Gasteiger charge is 2.41. The molecule has 1 aliphatic rings. The van der Waals surface area contributed by atoms with Gasteiger partial charge in [-0.2, -0.15) is 0 Å². The Bertz CT molecular complexity index is 3020. The van der Waals surface area contributed by atoms with Gasteiger partial charge in [0.15, 0.2) is 0 Å². The van der Waals surface area contributed by atoms with E-state index in [4.69, 9.17) is 9.97 Å². The summed E-state index contributed by atoms with van der Waals surface area (Å²) in [5.41, 5.74) is 12.7. The fraction of sp³-hybridized carbons (Fsp3) is 0.0612. The largest absolute Gasteiger partial charge is 0.309 e. The van der Waals surface area contributed by atoms with Crippen LogP contribution in [0.3, 0.4) is 0 Å². The van der Waals surface area contributed by atoms with E-state index in [1.165, 1.54) is 76.4 Å². The zero-order valence-electron chi connectivity index (χ0n) is 28.9. The first kappa shape index (κ1) is 29.2. The molecule has 0 fully saturated rings. The summed E-state index contributed by atoms with van der Waals surface area (Å²) in [6, 6.07) is 55.3. The van der Waals surface area contributed by atoms with Crippen molar-refractivity contribution in [2.75, 3.05) is 0 Å². The molecule has 0 bridgehead atoms. The molecule has 0 N–H and O–H groups in total. The Kier molecular flexibility index (Phi) is 6.01. The number of pyridine rings is 2. The van der Waals surface area contributed by atoms with Gasteiger partial charge in [0.05, 0.1) is 22.4 Å². The smallest absolute Gasteiger partial charge is 0.0702 e. The third kappa shape index (κ3) is 4.02. The molecule has 0 atom stereocenters. The molecule has 0 saturated carbocycles. The number of benzene rings is 7. The van der Waals surface area contributed by atoms with E-state index in [1.807, 2.05) is 24.5 Å². The SMILES string of the molecule is CC1(C)c2c(ccc3ccccc23)-c2c1c1ccccc1c1c3cc4ccccc4cc3n(-c3cc(-c4ccccn4)cc(-c4ccccn4)c3)c21. The second kappa shape index (κ2) is 10.7. The fourth-order valence-corrected chi connectivity index (χ4v) is 9.22. The Labute approximate surface area is 301 Å². The molecule has 3 aromatic heterocycles.